The Bertz CT molecular complexity index is 1500. The normalized spacial score (nSPS) is 10.9. The largest absolute Gasteiger partial charge is 0.493 e. The average molecular weight is 457 g/mol. The van der Waals surface area contributed by atoms with Gasteiger partial charge in [0, 0.05) is 28.4 Å². The predicted molar refractivity (Wildman–Crippen MR) is 129 cm³/mol. The fraction of sp³-hybridized carbons (Fsp3) is 0.0800. The zero-order chi connectivity index (χ0) is 23.7. The molecule has 0 aliphatic carbocycles. The van der Waals surface area contributed by atoms with Gasteiger partial charge in [0.15, 0.2) is 17.3 Å². The number of benzene rings is 3. The van der Waals surface area contributed by atoms with Gasteiger partial charge >= 0.3 is 0 Å². The average Bonchev–Trinajstić information content (AvgIpc) is 3.23. The van der Waals surface area contributed by atoms with E-state index in [0.29, 0.717) is 28.6 Å². The number of aromatic amines is 1. The predicted octanol–water partition coefficient (Wildman–Crippen LogP) is 5.26. The number of hydrogen-bond acceptors (Lipinski definition) is 6. The maximum atomic E-state index is 13.1. The molecule has 1 amide bonds. The van der Waals surface area contributed by atoms with Crippen LogP contribution in [0.5, 0.6) is 11.5 Å². The van der Waals surface area contributed by atoms with Gasteiger partial charge in [-0.25, -0.2) is 14.4 Å². The summed E-state index contributed by atoms with van der Waals surface area (Å²) in [5.41, 5.74) is 4.08. The van der Waals surface area contributed by atoms with Crippen molar-refractivity contribution in [3.8, 4) is 11.5 Å². The van der Waals surface area contributed by atoms with Crippen molar-refractivity contribution in [3.63, 3.8) is 0 Å². The Balaban J connectivity index is 1.39. The topological polar surface area (TPSA) is 101 Å². The van der Waals surface area contributed by atoms with Crippen LogP contribution in [0.25, 0.3) is 21.9 Å². The van der Waals surface area contributed by atoms with Gasteiger partial charge in [-0.1, -0.05) is 0 Å². The Morgan fingerprint density at radius 2 is 1.59 bits per heavy atom. The zero-order valence-corrected chi connectivity index (χ0v) is 18.3. The van der Waals surface area contributed by atoms with E-state index in [1.807, 2.05) is 24.3 Å². The van der Waals surface area contributed by atoms with Gasteiger partial charge in [-0.15, -0.1) is 0 Å². The molecule has 0 fully saturated rings. The first-order chi connectivity index (χ1) is 16.6. The van der Waals surface area contributed by atoms with E-state index in [1.54, 1.807) is 26.4 Å². The molecule has 0 saturated heterocycles. The van der Waals surface area contributed by atoms with Gasteiger partial charge in [-0.3, -0.25) is 4.79 Å². The SMILES string of the molecule is COc1cc2[nH]c3c(Nc4ccc(NC(=O)c5ccc(F)cc5)cc4)ncnc3c2cc1OC. The number of carbonyl (C=O) groups excluding carboxylic acids is 1. The highest BCUT2D eigenvalue weighted by molar-refractivity contribution is 6.09. The number of rotatable bonds is 6. The number of fused-ring (bicyclic) bond motifs is 3. The molecule has 170 valence electrons. The molecule has 2 aromatic heterocycles. The summed E-state index contributed by atoms with van der Waals surface area (Å²) < 4.78 is 23.9. The number of halogens is 1. The highest BCUT2D eigenvalue weighted by Crippen LogP contribution is 2.36. The van der Waals surface area contributed by atoms with Gasteiger partial charge in [-0.2, -0.15) is 0 Å². The van der Waals surface area contributed by atoms with Gasteiger partial charge in [-0.05, 0) is 54.6 Å². The number of nitrogens with zero attached hydrogens (tertiary/aromatic N) is 2. The van der Waals surface area contributed by atoms with Gasteiger partial charge in [0.05, 0.1) is 19.7 Å². The monoisotopic (exact) mass is 457 g/mol. The summed E-state index contributed by atoms with van der Waals surface area (Å²) in [6, 6.07) is 16.3. The van der Waals surface area contributed by atoms with E-state index >= 15 is 0 Å². The first kappa shape index (κ1) is 21.2. The van der Waals surface area contributed by atoms with Crippen LogP contribution >= 0.6 is 0 Å². The number of anilines is 3. The summed E-state index contributed by atoms with van der Waals surface area (Å²) in [7, 11) is 3.18. The Hall–Kier alpha value is -4.66. The first-order valence-corrected chi connectivity index (χ1v) is 10.4. The third-order valence-electron chi connectivity index (χ3n) is 5.40. The lowest BCUT2D eigenvalue weighted by molar-refractivity contribution is 0.102. The van der Waals surface area contributed by atoms with E-state index in [2.05, 4.69) is 25.6 Å². The molecule has 0 saturated carbocycles. The van der Waals surface area contributed by atoms with Crippen molar-refractivity contribution >= 4 is 45.0 Å². The molecular formula is C25H20FN5O3. The van der Waals surface area contributed by atoms with Crippen LogP contribution in [0, 0.1) is 5.82 Å². The number of H-pyrrole nitrogens is 1. The Kier molecular flexibility index (Phi) is 5.43. The summed E-state index contributed by atoms with van der Waals surface area (Å²) in [5, 5.41) is 6.96. The number of amides is 1. The smallest absolute Gasteiger partial charge is 0.255 e. The van der Waals surface area contributed by atoms with E-state index in [4.69, 9.17) is 9.47 Å². The molecule has 3 aromatic carbocycles. The molecule has 8 nitrogen and oxygen atoms in total. The maximum absolute atomic E-state index is 13.1. The second kappa shape index (κ2) is 8.70. The molecule has 0 unspecified atom stereocenters. The van der Waals surface area contributed by atoms with E-state index < -0.39 is 0 Å². The molecule has 2 heterocycles. The summed E-state index contributed by atoms with van der Waals surface area (Å²) in [6.07, 6.45) is 1.49. The molecule has 0 bridgehead atoms. The third kappa shape index (κ3) is 3.95. The molecule has 0 atom stereocenters. The molecule has 5 rings (SSSR count). The van der Waals surface area contributed by atoms with E-state index in [1.165, 1.54) is 30.6 Å². The van der Waals surface area contributed by atoms with Crippen LogP contribution < -0.4 is 20.1 Å². The standard InChI is InChI=1S/C25H20FN5O3/c1-33-20-11-18-19(12-21(20)34-2)31-23-22(18)27-13-28-24(23)29-16-7-9-17(10-8-16)30-25(32)14-3-5-15(26)6-4-14/h3-13,31H,1-2H3,(H,30,32)(H,27,28,29). The van der Waals surface area contributed by atoms with E-state index in [0.717, 1.165) is 27.6 Å². The van der Waals surface area contributed by atoms with Gasteiger partial charge in [0.25, 0.3) is 5.91 Å². The summed E-state index contributed by atoms with van der Waals surface area (Å²) in [6.45, 7) is 0. The number of ether oxygens (including phenoxy) is 2. The minimum absolute atomic E-state index is 0.317. The maximum Gasteiger partial charge on any atom is 0.255 e. The fourth-order valence-corrected chi connectivity index (χ4v) is 3.69. The Labute approximate surface area is 193 Å². The Morgan fingerprint density at radius 3 is 2.29 bits per heavy atom. The second-order valence-electron chi connectivity index (χ2n) is 7.49. The summed E-state index contributed by atoms with van der Waals surface area (Å²) in [5.74, 6) is 1.12. The third-order valence-corrected chi connectivity index (χ3v) is 5.40. The first-order valence-electron chi connectivity index (χ1n) is 10.4. The lowest BCUT2D eigenvalue weighted by atomic mass is 10.2. The lowest BCUT2D eigenvalue weighted by Gasteiger charge is -2.09. The molecular weight excluding hydrogens is 437 g/mol. The zero-order valence-electron chi connectivity index (χ0n) is 18.3. The fourth-order valence-electron chi connectivity index (χ4n) is 3.69. The molecule has 5 aromatic rings. The summed E-state index contributed by atoms with van der Waals surface area (Å²) >= 11 is 0. The van der Waals surface area contributed by atoms with Gasteiger partial charge in [0.1, 0.15) is 23.2 Å². The van der Waals surface area contributed by atoms with Crippen molar-refractivity contribution in [1.29, 1.82) is 0 Å². The Morgan fingerprint density at radius 1 is 0.912 bits per heavy atom. The van der Waals surface area contributed by atoms with Crippen molar-refractivity contribution in [1.82, 2.24) is 15.0 Å². The van der Waals surface area contributed by atoms with Crippen LogP contribution in [0.3, 0.4) is 0 Å². The number of carbonyl (C=O) groups is 1. The number of aromatic nitrogens is 3. The van der Waals surface area contributed by atoms with Crippen molar-refractivity contribution in [2.45, 2.75) is 0 Å². The highest BCUT2D eigenvalue weighted by atomic mass is 19.1. The number of methoxy groups -OCH3 is 2. The van der Waals surface area contributed by atoms with Crippen molar-refractivity contribution in [2.75, 3.05) is 24.9 Å². The van der Waals surface area contributed by atoms with Crippen LogP contribution in [-0.2, 0) is 0 Å². The molecule has 0 radical (unpaired) electrons. The molecule has 3 N–H and O–H groups in total. The molecule has 0 aliphatic heterocycles. The van der Waals surface area contributed by atoms with Crippen LogP contribution in [0.1, 0.15) is 10.4 Å². The summed E-state index contributed by atoms with van der Waals surface area (Å²) in [4.78, 5) is 24.5. The molecule has 34 heavy (non-hydrogen) atoms. The van der Waals surface area contributed by atoms with Crippen LogP contribution in [-0.4, -0.2) is 35.1 Å². The van der Waals surface area contributed by atoms with Crippen molar-refractivity contribution < 1.29 is 18.7 Å². The second-order valence-corrected chi connectivity index (χ2v) is 7.49. The van der Waals surface area contributed by atoms with Crippen molar-refractivity contribution in [3.05, 3.63) is 78.4 Å². The van der Waals surface area contributed by atoms with E-state index in [-0.39, 0.29) is 11.7 Å². The number of hydrogen-bond donors (Lipinski definition) is 3. The molecule has 0 aliphatic rings. The molecule has 0 spiro atoms. The van der Waals surface area contributed by atoms with Gasteiger partial charge < -0.3 is 25.1 Å². The quantitative estimate of drug-likeness (QED) is 0.321. The minimum Gasteiger partial charge on any atom is -0.493 e. The van der Waals surface area contributed by atoms with Crippen LogP contribution in [0.4, 0.5) is 21.6 Å². The van der Waals surface area contributed by atoms with Crippen molar-refractivity contribution in [2.24, 2.45) is 0 Å². The lowest BCUT2D eigenvalue weighted by Crippen LogP contribution is -2.11. The van der Waals surface area contributed by atoms with E-state index in [9.17, 15) is 9.18 Å². The highest BCUT2D eigenvalue weighted by Gasteiger charge is 2.15. The van der Waals surface area contributed by atoms with Gasteiger partial charge in [0.2, 0.25) is 0 Å². The molecule has 9 heteroatoms. The van der Waals surface area contributed by atoms with Crippen LogP contribution in [0.2, 0.25) is 0 Å². The van der Waals surface area contributed by atoms with Crippen LogP contribution in [0.15, 0.2) is 67.0 Å². The minimum atomic E-state index is -0.390. The number of nitrogens with one attached hydrogen (secondary N) is 3.